The van der Waals surface area contributed by atoms with Crippen molar-refractivity contribution < 1.29 is 14.3 Å². The van der Waals surface area contributed by atoms with Crippen LogP contribution in [-0.2, 0) is 20.7 Å². The van der Waals surface area contributed by atoms with Gasteiger partial charge in [0.15, 0.2) is 0 Å². The monoisotopic (exact) mass is 318 g/mol. The fourth-order valence-electron chi connectivity index (χ4n) is 2.23. The molecule has 0 heterocycles. The zero-order chi connectivity index (χ0) is 17.2. The first-order valence-electron chi connectivity index (χ1n) is 7.51. The van der Waals surface area contributed by atoms with Gasteiger partial charge in [0, 0.05) is 30.1 Å². The molecule has 1 amide bonds. The highest BCUT2D eigenvalue weighted by Gasteiger charge is 2.15. The Bertz CT molecular complexity index is 579. The number of hydrogen-bond acceptors (Lipinski definition) is 4. The van der Waals surface area contributed by atoms with E-state index in [1.54, 1.807) is 11.8 Å². The molecular formula is C16H22N4O3. The maximum absolute atomic E-state index is 12.0. The summed E-state index contributed by atoms with van der Waals surface area (Å²) in [5.41, 5.74) is 10.1. The number of methoxy groups -OCH3 is 1. The number of esters is 1. The number of carbonyl (C=O) groups excluding carboxylic acids is 2. The standard InChI is InChI=1S/C16H22N4O3/c1-4-15(21)20(10-9-18-19-17)14-7-5-13(6-8-14)11-12(2)16(22)23-3/h5-8,12H,4,9-11H2,1-3H3/t12-/m0/s1. The van der Waals surface area contributed by atoms with Gasteiger partial charge in [0.25, 0.3) is 0 Å². The molecule has 7 heteroatoms. The molecule has 0 unspecified atom stereocenters. The van der Waals surface area contributed by atoms with E-state index in [1.807, 2.05) is 31.2 Å². The topological polar surface area (TPSA) is 95.4 Å². The van der Waals surface area contributed by atoms with Crippen molar-refractivity contribution in [3.05, 3.63) is 40.3 Å². The summed E-state index contributed by atoms with van der Waals surface area (Å²) in [7, 11) is 1.37. The van der Waals surface area contributed by atoms with Crippen molar-refractivity contribution in [1.82, 2.24) is 0 Å². The molecule has 0 radical (unpaired) electrons. The maximum Gasteiger partial charge on any atom is 0.308 e. The first-order valence-corrected chi connectivity index (χ1v) is 7.51. The summed E-state index contributed by atoms with van der Waals surface area (Å²) in [5, 5.41) is 3.47. The summed E-state index contributed by atoms with van der Waals surface area (Å²) in [4.78, 5) is 27.8. The van der Waals surface area contributed by atoms with Gasteiger partial charge in [0.2, 0.25) is 5.91 Å². The Kier molecular flexibility index (Phi) is 7.63. The first-order chi connectivity index (χ1) is 11.0. The minimum Gasteiger partial charge on any atom is -0.469 e. The molecule has 1 aromatic rings. The molecule has 1 rings (SSSR count). The lowest BCUT2D eigenvalue weighted by Gasteiger charge is -2.22. The highest BCUT2D eigenvalue weighted by atomic mass is 16.5. The first kappa shape index (κ1) is 18.5. The number of carbonyl (C=O) groups is 2. The third-order valence-corrected chi connectivity index (χ3v) is 3.48. The van der Waals surface area contributed by atoms with Crippen LogP contribution in [0.1, 0.15) is 25.8 Å². The van der Waals surface area contributed by atoms with E-state index in [9.17, 15) is 9.59 Å². The second-order valence-electron chi connectivity index (χ2n) is 5.15. The molecule has 0 saturated heterocycles. The number of hydrogen-bond donors (Lipinski definition) is 0. The summed E-state index contributed by atoms with van der Waals surface area (Å²) in [6, 6.07) is 7.45. The summed E-state index contributed by atoms with van der Waals surface area (Å²) in [6.45, 7) is 4.17. The second kappa shape index (κ2) is 9.48. The molecule has 1 atom stereocenters. The molecule has 1 aromatic carbocycles. The second-order valence-corrected chi connectivity index (χ2v) is 5.15. The Morgan fingerprint density at radius 3 is 2.52 bits per heavy atom. The Morgan fingerprint density at radius 2 is 2.00 bits per heavy atom. The predicted octanol–water partition coefficient (Wildman–Crippen LogP) is 3.09. The maximum atomic E-state index is 12.0. The normalized spacial score (nSPS) is 11.3. The molecule has 0 spiro atoms. The van der Waals surface area contributed by atoms with Crippen molar-refractivity contribution in [2.45, 2.75) is 26.7 Å². The van der Waals surface area contributed by atoms with E-state index in [4.69, 9.17) is 10.3 Å². The van der Waals surface area contributed by atoms with E-state index in [-0.39, 0.29) is 24.3 Å². The summed E-state index contributed by atoms with van der Waals surface area (Å²) in [6.07, 6.45) is 0.949. The minimum atomic E-state index is -0.244. The number of ether oxygens (including phenoxy) is 1. The molecule has 0 bridgehead atoms. The van der Waals surface area contributed by atoms with Gasteiger partial charge in [-0.25, -0.2) is 0 Å². The number of amides is 1. The van der Waals surface area contributed by atoms with Gasteiger partial charge in [-0.3, -0.25) is 9.59 Å². The van der Waals surface area contributed by atoms with Gasteiger partial charge in [0.05, 0.1) is 13.0 Å². The number of nitrogens with zero attached hydrogens (tertiary/aromatic N) is 4. The molecule has 0 aliphatic heterocycles. The average Bonchev–Trinajstić information content (AvgIpc) is 2.58. The van der Waals surface area contributed by atoms with Crippen LogP contribution < -0.4 is 4.90 Å². The van der Waals surface area contributed by atoms with Crippen LogP contribution in [0, 0.1) is 5.92 Å². The molecule has 0 aliphatic rings. The largest absolute Gasteiger partial charge is 0.469 e. The molecule has 124 valence electrons. The Balaban J connectivity index is 2.83. The number of rotatable bonds is 8. The quantitative estimate of drug-likeness (QED) is 0.319. The molecule has 0 saturated carbocycles. The van der Waals surface area contributed by atoms with Crippen LogP contribution in [0.2, 0.25) is 0 Å². The van der Waals surface area contributed by atoms with Crippen molar-refractivity contribution in [3.8, 4) is 0 Å². The van der Waals surface area contributed by atoms with Crippen LogP contribution in [0.4, 0.5) is 5.69 Å². The molecule has 23 heavy (non-hydrogen) atoms. The fraction of sp³-hybridized carbons (Fsp3) is 0.500. The lowest BCUT2D eigenvalue weighted by molar-refractivity contribution is -0.144. The molecule has 0 N–H and O–H groups in total. The van der Waals surface area contributed by atoms with Gasteiger partial charge in [-0.05, 0) is 29.6 Å². The van der Waals surface area contributed by atoms with Gasteiger partial charge in [-0.15, -0.1) is 0 Å². The van der Waals surface area contributed by atoms with Gasteiger partial charge in [-0.1, -0.05) is 31.1 Å². The minimum absolute atomic E-state index is 0.0335. The van der Waals surface area contributed by atoms with Crippen LogP contribution >= 0.6 is 0 Å². The fourth-order valence-corrected chi connectivity index (χ4v) is 2.23. The van der Waals surface area contributed by atoms with Gasteiger partial charge in [-0.2, -0.15) is 0 Å². The SMILES string of the molecule is CCC(=O)N(CCN=[N+]=[N-])c1ccc(C[C@H](C)C(=O)OC)cc1. The van der Waals surface area contributed by atoms with Crippen molar-refractivity contribution in [2.75, 3.05) is 25.1 Å². The van der Waals surface area contributed by atoms with Crippen LogP contribution in [0.25, 0.3) is 10.4 Å². The summed E-state index contributed by atoms with van der Waals surface area (Å²) in [5.74, 6) is -0.496. The number of azide groups is 1. The average molecular weight is 318 g/mol. The van der Waals surface area contributed by atoms with E-state index in [0.717, 1.165) is 11.3 Å². The number of benzene rings is 1. The molecule has 0 aliphatic carbocycles. The van der Waals surface area contributed by atoms with E-state index < -0.39 is 0 Å². The molecule has 7 nitrogen and oxygen atoms in total. The van der Waals surface area contributed by atoms with Crippen molar-refractivity contribution in [1.29, 1.82) is 0 Å². The Labute approximate surface area is 135 Å². The van der Waals surface area contributed by atoms with Gasteiger partial charge < -0.3 is 9.64 Å². The van der Waals surface area contributed by atoms with Gasteiger partial charge in [0.1, 0.15) is 0 Å². The summed E-state index contributed by atoms with van der Waals surface area (Å²) >= 11 is 0. The molecule has 0 fully saturated rings. The van der Waals surface area contributed by atoms with Crippen molar-refractivity contribution >= 4 is 17.6 Å². The predicted molar refractivity (Wildman–Crippen MR) is 88.0 cm³/mol. The lowest BCUT2D eigenvalue weighted by Crippen LogP contribution is -2.32. The molecule has 0 aromatic heterocycles. The zero-order valence-electron chi connectivity index (χ0n) is 13.7. The van der Waals surface area contributed by atoms with Crippen molar-refractivity contribution in [3.63, 3.8) is 0 Å². The Morgan fingerprint density at radius 1 is 1.35 bits per heavy atom. The van der Waals surface area contributed by atoms with Crippen LogP contribution in [0.15, 0.2) is 29.4 Å². The van der Waals surface area contributed by atoms with Gasteiger partial charge >= 0.3 is 5.97 Å². The highest BCUT2D eigenvalue weighted by molar-refractivity contribution is 5.93. The summed E-state index contributed by atoms with van der Waals surface area (Å²) < 4.78 is 4.72. The van der Waals surface area contributed by atoms with Crippen LogP contribution in [0.3, 0.4) is 0 Å². The van der Waals surface area contributed by atoms with E-state index in [2.05, 4.69) is 10.0 Å². The van der Waals surface area contributed by atoms with Crippen LogP contribution in [0.5, 0.6) is 0 Å². The van der Waals surface area contributed by atoms with E-state index in [1.165, 1.54) is 7.11 Å². The number of anilines is 1. The smallest absolute Gasteiger partial charge is 0.308 e. The van der Waals surface area contributed by atoms with E-state index in [0.29, 0.717) is 19.4 Å². The lowest BCUT2D eigenvalue weighted by atomic mass is 10.0. The highest BCUT2D eigenvalue weighted by Crippen LogP contribution is 2.18. The zero-order valence-corrected chi connectivity index (χ0v) is 13.7. The van der Waals surface area contributed by atoms with E-state index >= 15 is 0 Å². The Hall–Kier alpha value is -2.53. The van der Waals surface area contributed by atoms with Crippen LogP contribution in [-0.4, -0.2) is 32.1 Å². The molecular weight excluding hydrogens is 296 g/mol. The third kappa shape index (κ3) is 5.64. The van der Waals surface area contributed by atoms with Crippen molar-refractivity contribution in [2.24, 2.45) is 11.0 Å². The third-order valence-electron chi connectivity index (χ3n) is 3.48.